The van der Waals surface area contributed by atoms with Gasteiger partial charge < -0.3 is 4.84 Å². The van der Waals surface area contributed by atoms with E-state index in [1.165, 1.54) is 31.3 Å². The number of ketones is 1. The summed E-state index contributed by atoms with van der Waals surface area (Å²) in [6, 6.07) is 0. The molecule has 0 bridgehead atoms. The van der Waals surface area contributed by atoms with Gasteiger partial charge in [-0.1, -0.05) is 38.4 Å². The summed E-state index contributed by atoms with van der Waals surface area (Å²) in [5, 5.41) is 4.21. The third-order valence-electron chi connectivity index (χ3n) is 9.31. The zero-order valence-electron chi connectivity index (χ0n) is 19.5. The highest BCUT2D eigenvalue weighted by atomic mass is 16.7. The van der Waals surface area contributed by atoms with Crippen LogP contribution >= 0.6 is 0 Å². The molecule has 4 aliphatic rings. The van der Waals surface area contributed by atoms with Crippen molar-refractivity contribution in [3.8, 4) is 0 Å². The van der Waals surface area contributed by atoms with Gasteiger partial charge in [0, 0.05) is 5.92 Å². The Balaban J connectivity index is 1.51. The molecule has 0 aromatic carbocycles. The average molecular weight is 414 g/mol. The van der Waals surface area contributed by atoms with Crippen molar-refractivity contribution in [2.24, 2.45) is 45.6 Å². The quantitative estimate of drug-likeness (QED) is 0.413. The average Bonchev–Trinajstić information content (AvgIpc) is 3.03. The number of fused-ring (bicyclic) bond motifs is 5. The predicted octanol–water partition coefficient (Wildman–Crippen LogP) is 6.10. The summed E-state index contributed by atoms with van der Waals surface area (Å²) in [7, 11) is 0. The molecule has 0 heterocycles. The van der Waals surface area contributed by atoms with Gasteiger partial charge in [0.15, 0.2) is 0 Å². The standard InChI is InChI=1S/C26H39NO3/c1-16(2)14-24(29)30-27-19-10-12-25(4)18(15-19)6-7-20-22-9-8-21(17(3)28)26(22,5)13-11-23(20)25/h15-16,20-23H,6-14H2,1-5H3/b27-19+. The van der Waals surface area contributed by atoms with Gasteiger partial charge >= 0.3 is 5.97 Å². The molecule has 3 saturated carbocycles. The van der Waals surface area contributed by atoms with E-state index in [1.54, 1.807) is 0 Å². The van der Waals surface area contributed by atoms with Crippen molar-refractivity contribution >= 4 is 17.5 Å². The van der Waals surface area contributed by atoms with Crippen molar-refractivity contribution in [2.45, 2.75) is 92.4 Å². The molecule has 166 valence electrons. The van der Waals surface area contributed by atoms with E-state index in [9.17, 15) is 9.59 Å². The van der Waals surface area contributed by atoms with Crippen LogP contribution in [0.15, 0.2) is 16.8 Å². The maximum atomic E-state index is 12.3. The van der Waals surface area contributed by atoms with Crippen LogP contribution < -0.4 is 0 Å². The monoisotopic (exact) mass is 413 g/mol. The molecular weight excluding hydrogens is 374 g/mol. The summed E-state index contributed by atoms with van der Waals surface area (Å²) in [6.45, 7) is 10.7. The van der Waals surface area contributed by atoms with Gasteiger partial charge in [-0.05, 0) is 98.9 Å². The molecule has 3 fully saturated rings. The molecule has 4 aliphatic carbocycles. The van der Waals surface area contributed by atoms with Crippen LogP contribution in [0, 0.1) is 40.4 Å². The molecule has 6 unspecified atom stereocenters. The minimum absolute atomic E-state index is 0.219. The molecule has 30 heavy (non-hydrogen) atoms. The Morgan fingerprint density at radius 2 is 1.87 bits per heavy atom. The molecule has 4 nitrogen and oxygen atoms in total. The van der Waals surface area contributed by atoms with Gasteiger partial charge in [0.2, 0.25) is 0 Å². The molecule has 0 saturated heterocycles. The number of Topliss-reactive ketones (excluding diaryl/α,β-unsaturated/α-hetero) is 1. The van der Waals surface area contributed by atoms with Crippen LogP contribution in [-0.2, 0) is 14.4 Å². The summed E-state index contributed by atoms with van der Waals surface area (Å²) in [6.07, 6.45) is 11.7. The fourth-order valence-corrected chi connectivity index (χ4v) is 7.79. The Bertz CT molecular complexity index is 781. The summed E-state index contributed by atoms with van der Waals surface area (Å²) >= 11 is 0. The number of nitrogens with zero attached hydrogens (tertiary/aromatic N) is 1. The second kappa shape index (κ2) is 7.91. The van der Waals surface area contributed by atoms with Crippen LogP contribution in [0.3, 0.4) is 0 Å². The first-order valence-corrected chi connectivity index (χ1v) is 12.1. The van der Waals surface area contributed by atoms with Crippen LogP contribution in [0.4, 0.5) is 0 Å². The fraction of sp³-hybridized carbons (Fsp3) is 0.808. The lowest BCUT2D eigenvalue weighted by molar-refractivity contribution is -0.144. The number of allylic oxidation sites excluding steroid dienone is 2. The maximum absolute atomic E-state index is 12.3. The van der Waals surface area contributed by atoms with Crippen molar-refractivity contribution in [3.05, 3.63) is 11.6 Å². The summed E-state index contributed by atoms with van der Waals surface area (Å²) in [5.41, 5.74) is 2.89. The lowest BCUT2D eigenvalue weighted by atomic mass is 9.46. The van der Waals surface area contributed by atoms with Crippen LogP contribution in [0.1, 0.15) is 92.4 Å². The van der Waals surface area contributed by atoms with E-state index in [-0.39, 0.29) is 28.6 Å². The fourth-order valence-electron chi connectivity index (χ4n) is 7.79. The Kier molecular flexibility index (Phi) is 5.74. The maximum Gasteiger partial charge on any atom is 0.335 e. The molecule has 0 aliphatic heterocycles. The van der Waals surface area contributed by atoms with Gasteiger partial charge in [0.05, 0.1) is 12.1 Å². The minimum Gasteiger partial charge on any atom is -0.318 e. The second-order valence-corrected chi connectivity index (χ2v) is 11.4. The van der Waals surface area contributed by atoms with Crippen molar-refractivity contribution in [2.75, 3.05) is 0 Å². The molecule has 6 atom stereocenters. The smallest absolute Gasteiger partial charge is 0.318 e. The zero-order valence-corrected chi connectivity index (χ0v) is 19.5. The Labute approximate surface area is 181 Å². The molecule has 0 spiro atoms. The summed E-state index contributed by atoms with van der Waals surface area (Å²) < 4.78 is 0. The topological polar surface area (TPSA) is 55.7 Å². The lowest BCUT2D eigenvalue weighted by Crippen LogP contribution is -2.51. The number of rotatable bonds is 4. The van der Waals surface area contributed by atoms with Crippen LogP contribution in [0.2, 0.25) is 0 Å². The molecule has 0 N–H and O–H groups in total. The van der Waals surface area contributed by atoms with Gasteiger partial charge in [-0.3, -0.25) is 4.79 Å². The SMILES string of the molecule is CC(=O)C1CCC2C3CCC4=C/C(=N/OC(=O)CC(C)C)CCC4(C)C3CCC12C. The van der Waals surface area contributed by atoms with Gasteiger partial charge in [-0.2, -0.15) is 0 Å². The minimum atomic E-state index is -0.235. The molecule has 0 aromatic rings. The van der Waals surface area contributed by atoms with Crippen molar-refractivity contribution in [3.63, 3.8) is 0 Å². The van der Waals surface area contributed by atoms with Gasteiger partial charge in [0.1, 0.15) is 5.78 Å². The number of carbonyl (C=O) groups is 2. The van der Waals surface area contributed by atoms with Crippen molar-refractivity contribution < 1.29 is 14.4 Å². The molecular formula is C26H39NO3. The van der Waals surface area contributed by atoms with Gasteiger partial charge in [0.25, 0.3) is 0 Å². The highest BCUT2D eigenvalue weighted by Crippen LogP contribution is 2.66. The van der Waals surface area contributed by atoms with E-state index < -0.39 is 0 Å². The Morgan fingerprint density at radius 3 is 2.57 bits per heavy atom. The first-order chi connectivity index (χ1) is 14.1. The van der Waals surface area contributed by atoms with Gasteiger partial charge in [-0.25, -0.2) is 4.79 Å². The van der Waals surface area contributed by atoms with E-state index >= 15 is 0 Å². The largest absolute Gasteiger partial charge is 0.335 e. The van der Waals surface area contributed by atoms with E-state index in [1.807, 2.05) is 20.8 Å². The second-order valence-electron chi connectivity index (χ2n) is 11.4. The van der Waals surface area contributed by atoms with Crippen LogP contribution in [0.5, 0.6) is 0 Å². The van der Waals surface area contributed by atoms with Gasteiger partial charge in [-0.15, -0.1) is 0 Å². The molecule has 4 rings (SSSR count). The molecule has 0 amide bonds. The summed E-state index contributed by atoms with van der Waals surface area (Å²) in [4.78, 5) is 29.4. The van der Waals surface area contributed by atoms with Crippen molar-refractivity contribution in [1.82, 2.24) is 0 Å². The van der Waals surface area contributed by atoms with Crippen LogP contribution in [0.25, 0.3) is 0 Å². The highest BCUT2D eigenvalue weighted by molar-refractivity contribution is 5.96. The van der Waals surface area contributed by atoms with E-state index in [0.717, 1.165) is 37.3 Å². The zero-order chi connectivity index (χ0) is 21.7. The van der Waals surface area contributed by atoms with Crippen molar-refractivity contribution in [1.29, 1.82) is 0 Å². The normalized spacial score (nSPS) is 41.7. The first-order valence-electron chi connectivity index (χ1n) is 12.1. The van der Waals surface area contributed by atoms with Crippen LogP contribution in [-0.4, -0.2) is 17.5 Å². The van der Waals surface area contributed by atoms with E-state index in [0.29, 0.717) is 24.0 Å². The van der Waals surface area contributed by atoms with E-state index in [2.05, 4.69) is 25.1 Å². The Hall–Kier alpha value is -1.45. The number of hydrogen-bond donors (Lipinski definition) is 0. The number of hydrogen-bond acceptors (Lipinski definition) is 4. The number of carbonyl (C=O) groups excluding carboxylic acids is 2. The molecule has 4 heteroatoms. The van der Waals surface area contributed by atoms with E-state index in [4.69, 9.17) is 4.84 Å². The Morgan fingerprint density at radius 1 is 1.10 bits per heavy atom. The summed E-state index contributed by atoms with van der Waals surface area (Å²) in [5.74, 6) is 2.90. The molecule has 0 radical (unpaired) electrons. The third kappa shape index (κ3) is 3.58. The predicted molar refractivity (Wildman–Crippen MR) is 119 cm³/mol. The lowest BCUT2D eigenvalue weighted by Gasteiger charge is -2.58. The number of oxime groups is 1. The molecule has 0 aromatic heterocycles. The first kappa shape index (κ1) is 21.8. The highest BCUT2D eigenvalue weighted by Gasteiger charge is 2.59. The third-order valence-corrected chi connectivity index (χ3v) is 9.31.